The van der Waals surface area contributed by atoms with E-state index in [0.717, 1.165) is 6.07 Å². The van der Waals surface area contributed by atoms with E-state index in [1.165, 1.54) is 34.6 Å². The predicted molar refractivity (Wildman–Crippen MR) is 111 cm³/mol. The molecule has 0 bridgehead atoms. The van der Waals surface area contributed by atoms with E-state index in [1.807, 2.05) is 0 Å². The smallest absolute Gasteiger partial charge is 0.307 e. The highest BCUT2D eigenvalue weighted by atomic mass is 16.6. The van der Waals surface area contributed by atoms with Gasteiger partial charge >= 0.3 is 5.97 Å². The van der Waals surface area contributed by atoms with Crippen molar-refractivity contribution in [3.05, 3.63) is 75.9 Å². The van der Waals surface area contributed by atoms with Gasteiger partial charge in [0.25, 0.3) is 17.5 Å². The van der Waals surface area contributed by atoms with Gasteiger partial charge < -0.3 is 24.9 Å². The van der Waals surface area contributed by atoms with E-state index >= 15 is 0 Å². The lowest BCUT2D eigenvalue weighted by molar-refractivity contribution is -0.384. The van der Waals surface area contributed by atoms with Gasteiger partial charge in [-0.25, -0.2) is 0 Å². The van der Waals surface area contributed by atoms with Crippen molar-refractivity contribution in [2.45, 2.75) is 6.42 Å². The summed E-state index contributed by atoms with van der Waals surface area (Å²) in [6.07, 6.45) is 2.60. The van der Waals surface area contributed by atoms with Crippen LogP contribution in [0.1, 0.15) is 26.5 Å². The van der Waals surface area contributed by atoms with E-state index < -0.39 is 22.7 Å². The molecule has 11 nitrogen and oxygen atoms in total. The summed E-state index contributed by atoms with van der Waals surface area (Å²) >= 11 is 0. The third kappa shape index (κ3) is 4.96. The molecule has 0 unspecified atom stereocenters. The Bertz CT molecular complexity index is 1190. The molecule has 0 aliphatic heterocycles. The first-order valence-electron chi connectivity index (χ1n) is 9.04. The van der Waals surface area contributed by atoms with Crippen LogP contribution in [-0.4, -0.2) is 36.9 Å². The number of carbonyl (C=O) groups excluding carboxylic acids is 2. The lowest BCUT2D eigenvalue weighted by Gasteiger charge is -2.07. The number of carbonyl (C=O) groups is 3. The number of benzene rings is 1. The molecule has 0 spiro atoms. The van der Waals surface area contributed by atoms with Crippen molar-refractivity contribution in [1.29, 1.82) is 0 Å². The molecule has 160 valence electrons. The van der Waals surface area contributed by atoms with Crippen LogP contribution in [0, 0.1) is 10.1 Å². The number of anilines is 2. The standard InChI is InChI=1S/C20H19N5O6/c1-23-10-14(22-20(29)17-9-15(25(30)31)11-24(17)2)8-16(23)19(28)21-13-5-3-4-12(6-13)7-18(26)27/h3-6,8-11H,7H2,1-2H3,(H,21,28)(H,22,29)(H,26,27). The molecule has 3 N–H and O–H groups in total. The van der Waals surface area contributed by atoms with Crippen molar-refractivity contribution >= 4 is 34.8 Å². The first-order valence-corrected chi connectivity index (χ1v) is 9.04. The van der Waals surface area contributed by atoms with Crippen LogP contribution in [0.3, 0.4) is 0 Å². The topological polar surface area (TPSA) is 148 Å². The number of nitro groups is 1. The highest BCUT2D eigenvalue weighted by Gasteiger charge is 2.19. The van der Waals surface area contributed by atoms with Crippen molar-refractivity contribution in [2.75, 3.05) is 10.6 Å². The van der Waals surface area contributed by atoms with Crippen LogP contribution >= 0.6 is 0 Å². The molecule has 2 aromatic heterocycles. The van der Waals surface area contributed by atoms with Crippen LogP contribution in [-0.2, 0) is 25.3 Å². The summed E-state index contributed by atoms with van der Waals surface area (Å²) in [6, 6.07) is 9.12. The molecule has 0 saturated carbocycles. The second-order valence-corrected chi connectivity index (χ2v) is 6.86. The van der Waals surface area contributed by atoms with E-state index in [1.54, 1.807) is 31.3 Å². The molecule has 11 heteroatoms. The summed E-state index contributed by atoms with van der Waals surface area (Å²) < 4.78 is 2.85. The Kier molecular flexibility index (Phi) is 5.86. The van der Waals surface area contributed by atoms with Gasteiger partial charge in [0, 0.05) is 32.0 Å². The number of nitrogens with one attached hydrogen (secondary N) is 2. The first-order chi connectivity index (χ1) is 14.6. The second kappa shape index (κ2) is 8.53. The second-order valence-electron chi connectivity index (χ2n) is 6.86. The molecule has 0 radical (unpaired) electrons. The molecule has 1 aromatic carbocycles. The summed E-state index contributed by atoms with van der Waals surface area (Å²) in [5, 5.41) is 25.1. The number of hydrogen-bond donors (Lipinski definition) is 3. The van der Waals surface area contributed by atoms with Crippen molar-refractivity contribution < 1.29 is 24.4 Å². The molecule has 2 amide bonds. The van der Waals surface area contributed by atoms with Crippen LogP contribution < -0.4 is 10.6 Å². The van der Waals surface area contributed by atoms with E-state index in [9.17, 15) is 24.5 Å². The van der Waals surface area contributed by atoms with Gasteiger partial charge in [0.15, 0.2) is 0 Å². The Morgan fingerprint density at radius 3 is 2.19 bits per heavy atom. The number of amides is 2. The SMILES string of the molecule is Cn1cc(NC(=O)c2cc([N+](=O)[O-])cn2C)cc1C(=O)Nc1cccc(CC(=O)O)c1. The van der Waals surface area contributed by atoms with Gasteiger partial charge in [-0.15, -0.1) is 0 Å². The summed E-state index contributed by atoms with van der Waals surface area (Å²) in [4.78, 5) is 46.2. The number of aryl methyl sites for hydroxylation is 2. The molecule has 0 atom stereocenters. The summed E-state index contributed by atoms with van der Waals surface area (Å²) in [6.45, 7) is 0. The zero-order chi connectivity index (χ0) is 22.7. The molecule has 3 aromatic rings. The minimum Gasteiger partial charge on any atom is -0.481 e. The third-order valence-electron chi connectivity index (χ3n) is 4.47. The van der Waals surface area contributed by atoms with Gasteiger partial charge in [0.2, 0.25) is 0 Å². The fourth-order valence-corrected chi connectivity index (χ4v) is 3.06. The van der Waals surface area contributed by atoms with Crippen LogP contribution in [0.15, 0.2) is 48.8 Å². The Morgan fingerprint density at radius 2 is 1.58 bits per heavy atom. The quantitative estimate of drug-likeness (QED) is 0.391. The zero-order valence-corrected chi connectivity index (χ0v) is 16.7. The lowest BCUT2D eigenvalue weighted by atomic mass is 10.1. The van der Waals surface area contributed by atoms with Gasteiger partial charge in [0.05, 0.1) is 23.2 Å². The number of hydrogen-bond acceptors (Lipinski definition) is 5. The lowest BCUT2D eigenvalue weighted by Crippen LogP contribution is -2.15. The van der Waals surface area contributed by atoms with Crippen molar-refractivity contribution in [3.8, 4) is 0 Å². The minimum atomic E-state index is -0.977. The van der Waals surface area contributed by atoms with E-state index in [2.05, 4.69) is 10.6 Å². The summed E-state index contributed by atoms with van der Waals surface area (Å²) in [5.74, 6) is -1.99. The highest BCUT2D eigenvalue weighted by molar-refractivity contribution is 6.06. The van der Waals surface area contributed by atoms with Gasteiger partial charge in [-0.1, -0.05) is 12.1 Å². The summed E-state index contributed by atoms with van der Waals surface area (Å²) in [5.41, 5.74) is 1.45. The Morgan fingerprint density at radius 1 is 0.968 bits per heavy atom. The molecule has 0 aliphatic carbocycles. The van der Waals surface area contributed by atoms with Crippen LogP contribution in [0.2, 0.25) is 0 Å². The maximum atomic E-state index is 12.6. The molecule has 0 saturated heterocycles. The maximum Gasteiger partial charge on any atom is 0.307 e. The molecule has 2 heterocycles. The molecule has 31 heavy (non-hydrogen) atoms. The fraction of sp³-hybridized carbons (Fsp3) is 0.150. The fourth-order valence-electron chi connectivity index (χ4n) is 3.06. The largest absolute Gasteiger partial charge is 0.481 e. The Labute approximate surface area is 176 Å². The predicted octanol–water partition coefficient (Wildman–Crippen LogP) is 2.40. The first kappa shape index (κ1) is 21.3. The van der Waals surface area contributed by atoms with Crippen molar-refractivity contribution in [1.82, 2.24) is 9.13 Å². The monoisotopic (exact) mass is 425 g/mol. The Hall–Kier alpha value is -4.41. The number of carboxylic acid groups (broad SMARTS) is 1. The molecular formula is C20H19N5O6. The van der Waals surface area contributed by atoms with Crippen LogP contribution in [0.4, 0.5) is 17.1 Å². The van der Waals surface area contributed by atoms with E-state index in [0.29, 0.717) is 16.9 Å². The summed E-state index contributed by atoms with van der Waals surface area (Å²) in [7, 11) is 3.14. The highest BCUT2D eigenvalue weighted by Crippen LogP contribution is 2.19. The van der Waals surface area contributed by atoms with Crippen LogP contribution in [0.25, 0.3) is 0 Å². The van der Waals surface area contributed by atoms with Crippen LogP contribution in [0.5, 0.6) is 0 Å². The number of carboxylic acids is 1. The maximum absolute atomic E-state index is 12.6. The van der Waals surface area contributed by atoms with E-state index in [-0.39, 0.29) is 23.5 Å². The average Bonchev–Trinajstić information content (AvgIpc) is 3.24. The van der Waals surface area contributed by atoms with Gasteiger partial charge in [-0.3, -0.25) is 24.5 Å². The van der Waals surface area contributed by atoms with E-state index in [4.69, 9.17) is 5.11 Å². The number of aromatic nitrogens is 2. The number of aliphatic carboxylic acids is 1. The third-order valence-corrected chi connectivity index (χ3v) is 4.47. The van der Waals surface area contributed by atoms with Gasteiger partial charge in [0.1, 0.15) is 11.4 Å². The zero-order valence-electron chi connectivity index (χ0n) is 16.7. The van der Waals surface area contributed by atoms with Crippen molar-refractivity contribution in [3.63, 3.8) is 0 Å². The molecule has 0 fully saturated rings. The molecular weight excluding hydrogens is 406 g/mol. The number of rotatable bonds is 7. The normalized spacial score (nSPS) is 10.5. The number of nitrogens with zero attached hydrogens (tertiary/aromatic N) is 3. The molecule has 3 rings (SSSR count). The average molecular weight is 425 g/mol. The van der Waals surface area contributed by atoms with Gasteiger partial charge in [-0.2, -0.15) is 0 Å². The van der Waals surface area contributed by atoms with Crippen molar-refractivity contribution in [2.24, 2.45) is 14.1 Å². The molecule has 0 aliphatic rings. The van der Waals surface area contributed by atoms with Gasteiger partial charge in [-0.05, 0) is 23.8 Å². The minimum absolute atomic E-state index is 0.0943. The Balaban J connectivity index is 1.73.